The van der Waals surface area contributed by atoms with Gasteiger partial charge in [-0.3, -0.25) is 14.8 Å². The number of hydrogen-bond donors (Lipinski definition) is 1. The molecule has 1 aliphatic rings. The molecule has 7 heteroatoms. The number of likely N-dealkylation sites (tertiary alicyclic amines) is 1. The second kappa shape index (κ2) is 8.93. The van der Waals surface area contributed by atoms with Gasteiger partial charge in [-0.1, -0.05) is 24.3 Å². The summed E-state index contributed by atoms with van der Waals surface area (Å²) < 4.78 is 0. The van der Waals surface area contributed by atoms with Crippen LogP contribution in [0, 0.1) is 0 Å². The van der Waals surface area contributed by atoms with Crippen molar-refractivity contribution in [3.8, 4) is 11.3 Å². The molecule has 1 aromatic carbocycles. The van der Waals surface area contributed by atoms with Crippen molar-refractivity contribution in [2.75, 3.05) is 11.9 Å². The number of carbonyl (C=O) groups excluding carboxylic acids is 1. The van der Waals surface area contributed by atoms with Gasteiger partial charge in [-0.25, -0.2) is 9.97 Å². The van der Waals surface area contributed by atoms with Gasteiger partial charge in [0.25, 0.3) is 5.91 Å². The first-order chi connectivity index (χ1) is 15.8. The minimum atomic E-state index is -0.206. The van der Waals surface area contributed by atoms with Gasteiger partial charge in [0.2, 0.25) is 0 Å². The van der Waals surface area contributed by atoms with E-state index in [4.69, 9.17) is 9.97 Å². The average Bonchev–Trinajstić information content (AvgIpc) is 3.35. The van der Waals surface area contributed by atoms with E-state index < -0.39 is 0 Å². The fraction of sp³-hybridized carbons (Fsp3) is 0.160. The van der Waals surface area contributed by atoms with Crippen molar-refractivity contribution in [1.82, 2.24) is 24.8 Å². The van der Waals surface area contributed by atoms with Gasteiger partial charge in [-0.2, -0.15) is 0 Å². The number of nitrogens with zero attached hydrogens (tertiary/aromatic N) is 5. The molecule has 1 N–H and O–H groups in total. The Balaban J connectivity index is 1.53. The Morgan fingerprint density at radius 3 is 2.53 bits per heavy atom. The zero-order valence-corrected chi connectivity index (χ0v) is 17.4. The van der Waals surface area contributed by atoms with Crippen LogP contribution in [0.25, 0.3) is 11.3 Å². The first kappa shape index (κ1) is 19.8. The number of hydrogen-bond acceptors (Lipinski definition) is 6. The van der Waals surface area contributed by atoms with Crippen molar-refractivity contribution < 1.29 is 4.79 Å². The number of aromatic nitrogens is 4. The van der Waals surface area contributed by atoms with Crippen LogP contribution >= 0.6 is 0 Å². The second-order valence-corrected chi connectivity index (χ2v) is 7.60. The molecule has 1 saturated heterocycles. The fourth-order valence-electron chi connectivity index (χ4n) is 3.93. The number of benzene rings is 1. The zero-order valence-electron chi connectivity index (χ0n) is 17.4. The molecule has 0 unspecified atom stereocenters. The predicted molar refractivity (Wildman–Crippen MR) is 122 cm³/mol. The minimum Gasteiger partial charge on any atom is -0.340 e. The molecule has 0 radical (unpaired) electrons. The molecule has 4 aromatic rings. The number of pyridine rings is 2. The number of amides is 1. The van der Waals surface area contributed by atoms with E-state index in [0.717, 1.165) is 29.8 Å². The van der Waals surface area contributed by atoms with Crippen molar-refractivity contribution in [3.63, 3.8) is 0 Å². The highest BCUT2D eigenvalue weighted by molar-refractivity contribution is 5.92. The fourth-order valence-corrected chi connectivity index (χ4v) is 3.93. The number of nitrogens with one attached hydrogen (secondary N) is 1. The Bertz CT molecular complexity index is 1200. The quantitative estimate of drug-likeness (QED) is 0.504. The minimum absolute atomic E-state index is 0.0939. The Morgan fingerprint density at radius 2 is 1.75 bits per heavy atom. The van der Waals surface area contributed by atoms with Crippen LogP contribution in [0.2, 0.25) is 0 Å². The van der Waals surface area contributed by atoms with E-state index in [0.29, 0.717) is 23.9 Å². The highest BCUT2D eigenvalue weighted by Crippen LogP contribution is 2.33. The molecular weight excluding hydrogens is 400 g/mol. The summed E-state index contributed by atoms with van der Waals surface area (Å²) in [6.07, 6.45) is 6.83. The highest BCUT2D eigenvalue weighted by Gasteiger charge is 2.33. The summed E-state index contributed by atoms with van der Waals surface area (Å²) >= 11 is 0. The van der Waals surface area contributed by atoms with E-state index in [1.165, 1.54) is 0 Å². The number of carbonyl (C=O) groups is 1. The third-order valence-electron chi connectivity index (χ3n) is 5.46. The number of para-hydroxylation sites is 1. The van der Waals surface area contributed by atoms with Crippen LogP contribution in [-0.2, 0) is 0 Å². The first-order valence-electron chi connectivity index (χ1n) is 10.6. The summed E-state index contributed by atoms with van der Waals surface area (Å²) in [5, 5.41) is 3.37. The maximum atomic E-state index is 13.1. The molecule has 158 valence electrons. The highest BCUT2D eigenvalue weighted by atomic mass is 16.2. The van der Waals surface area contributed by atoms with E-state index in [1.807, 2.05) is 59.5 Å². The third kappa shape index (κ3) is 4.18. The molecule has 1 fully saturated rings. The van der Waals surface area contributed by atoms with Gasteiger partial charge in [0.15, 0.2) is 5.82 Å². The Hall–Kier alpha value is -4.13. The number of anilines is 2. The molecule has 7 nitrogen and oxygen atoms in total. The molecule has 1 amide bonds. The maximum absolute atomic E-state index is 13.1. The van der Waals surface area contributed by atoms with E-state index in [1.54, 1.807) is 30.7 Å². The third-order valence-corrected chi connectivity index (χ3v) is 5.46. The summed E-state index contributed by atoms with van der Waals surface area (Å²) in [4.78, 5) is 33.0. The van der Waals surface area contributed by atoms with Gasteiger partial charge in [0.05, 0.1) is 11.7 Å². The van der Waals surface area contributed by atoms with E-state index in [9.17, 15) is 4.79 Å². The maximum Gasteiger partial charge on any atom is 0.273 e. The molecule has 4 heterocycles. The molecule has 0 saturated carbocycles. The Kier molecular flexibility index (Phi) is 5.53. The number of rotatable bonds is 5. The van der Waals surface area contributed by atoms with Crippen LogP contribution in [0.15, 0.2) is 85.3 Å². The molecule has 5 rings (SSSR count). The SMILES string of the molecule is O=C(c1ccccn1)N1CCC[C@@H]1c1nc(Nc2ccccc2)cc(-c2ccncc2)n1. The summed E-state index contributed by atoms with van der Waals surface area (Å²) in [6.45, 7) is 0.657. The van der Waals surface area contributed by atoms with Crippen molar-refractivity contribution in [1.29, 1.82) is 0 Å². The molecule has 1 atom stereocenters. The lowest BCUT2D eigenvalue weighted by Gasteiger charge is -2.24. The lowest BCUT2D eigenvalue weighted by Crippen LogP contribution is -2.32. The Morgan fingerprint density at radius 1 is 0.938 bits per heavy atom. The van der Waals surface area contributed by atoms with Crippen molar-refractivity contribution in [2.24, 2.45) is 0 Å². The van der Waals surface area contributed by atoms with Crippen LogP contribution in [0.3, 0.4) is 0 Å². The molecule has 32 heavy (non-hydrogen) atoms. The van der Waals surface area contributed by atoms with Crippen molar-refractivity contribution >= 4 is 17.4 Å². The van der Waals surface area contributed by atoms with E-state index in [2.05, 4.69) is 15.3 Å². The molecule has 0 bridgehead atoms. The van der Waals surface area contributed by atoms with Gasteiger partial charge in [0, 0.05) is 42.5 Å². The normalized spacial score (nSPS) is 15.5. The largest absolute Gasteiger partial charge is 0.340 e. The summed E-state index contributed by atoms with van der Waals surface area (Å²) in [5.74, 6) is 1.22. The second-order valence-electron chi connectivity index (χ2n) is 7.60. The first-order valence-corrected chi connectivity index (χ1v) is 10.6. The van der Waals surface area contributed by atoms with Crippen LogP contribution in [0.5, 0.6) is 0 Å². The van der Waals surface area contributed by atoms with Gasteiger partial charge >= 0.3 is 0 Å². The van der Waals surface area contributed by atoms with Crippen LogP contribution in [-0.4, -0.2) is 37.3 Å². The van der Waals surface area contributed by atoms with Crippen molar-refractivity contribution in [3.05, 3.63) is 96.8 Å². The van der Waals surface area contributed by atoms with E-state index >= 15 is 0 Å². The van der Waals surface area contributed by atoms with Crippen LogP contribution in [0.1, 0.15) is 35.2 Å². The average molecular weight is 422 g/mol. The van der Waals surface area contributed by atoms with Gasteiger partial charge in [-0.15, -0.1) is 0 Å². The van der Waals surface area contributed by atoms with Crippen molar-refractivity contribution in [2.45, 2.75) is 18.9 Å². The Labute approximate surface area is 186 Å². The lowest BCUT2D eigenvalue weighted by atomic mass is 10.1. The summed E-state index contributed by atoms with van der Waals surface area (Å²) in [6, 6.07) is 20.8. The van der Waals surface area contributed by atoms with Gasteiger partial charge < -0.3 is 10.2 Å². The van der Waals surface area contributed by atoms with Crippen LogP contribution in [0.4, 0.5) is 11.5 Å². The molecular formula is C25H22N6O. The summed E-state index contributed by atoms with van der Waals surface area (Å²) in [7, 11) is 0. The standard InChI is InChI=1S/C25H22N6O/c32-25(20-9-4-5-13-27-20)31-16-6-10-22(31)24-29-21(18-11-14-26-15-12-18)17-23(30-24)28-19-7-2-1-3-8-19/h1-5,7-9,11-15,17,22H,6,10,16H2,(H,28,29,30)/t22-/m1/s1. The monoisotopic (exact) mass is 422 g/mol. The molecule has 0 spiro atoms. The van der Waals surface area contributed by atoms with Gasteiger partial charge in [0.1, 0.15) is 11.5 Å². The smallest absolute Gasteiger partial charge is 0.273 e. The van der Waals surface area contributed by atoms with Crippen LogP contribution < -0.4 is 5.32 Å². The zero-order chi connectivity index (χ0) is 21.8. The van der Waals surface area contributed by atoms with E-state index in [-0.39, 0.29) is 11.9 Å². The van der Waals surface area contributed by atoms with Gasteiger partial charge in [-0.05, 0) is 49.2 Å². The molecule has 1 aliphatic heterocycles. The predicted octanol–water partition coefficient (Wildman–Crippen LogP) is 4.65. The topological polar surface area (TPSA) is 83.9 Å². The molecule has 0 aliphatic carbocycles. The lowest BCUT2D eigenvalue weighted by molar-refractivity contribution is 0.0724. The molecule has 3 aromatic heterocycles. The summed E-state index contributed by atoms with van der Waals surface area (Å²) in [5.41, 5.74) is 3.10.